The Bertz CT molecular complexity index is 816. The summed E-state index contributed by atoms with van der Waals surface area (Å²) in [5, 5.41) is 10.9. The predicted molar refractivity (Wildman–Crippen MR) is 85.8 cm³/mol. The lowest BCUT2D eigenvalue weighted by Crippen LogP contribution is -2.50. The molecule has 3 atom stereocenters. The predicted octanol–water partition coefficient (Wildman–Crippen LogP) is 4.08. The van der Waals surface area contributed by atoms with Gasteiger partial charge < -0.3 is 5.32 Å². The molecule has 0 radical (unpaired) electrons. The number of rotatable bonds is 3. The second kappa shape index (κ2) is 7.03. The molecule has 1 aromatic carbocycles. The van der Waals surface area contributed by atoms with Crippen molar-refractivity contribution in [2.45, 2.75) is 50.0 Å². The second-order valence-electron chi connectivity index (χ2n) is 6.96. The fourth-order valence-electron chi connectivity index (χ4n) is 3.65. The molecule has 0 spiro atoms. The van der Waals surface area contributed by atoms with Crippen molar-refractivity contribution in [1.29, 1.82) is 0 Å². The van der Waals surface area contributed by atoms with Crippen LogP contribution < -0.4 is 5.32 Å². The zero-order chi connectivity index (χ0) is 20.7. The maximum absolute atomic E-state index is 13.2. The van der Waals surface area contributed by atoms with Crippen molar-refractivity contribution >= 4 is 0 Å². The summed E-state index contributed by atoms with van der Waals surface area (Å²) >= 11 is 0. The molecule has 0 aliphatic carbocycles. The van der Waals surface area contributed by atoms with Crippen molar-refractivity contribution in [3.05, 3.63) is 47.3 Å². The van der Waals surface area contributed by atoms with Crippen LogP contribution in [0.2, 0.25) is 0 Å². The van der Waals surface area contributed by atoms with Crippen molar-refractivity contribution in [3.8, 4) is 0 Å². The van der Waals surface area contributed by atoms with Crippen molar-refractivity contribution < 1.29 is 31.1 Å². The van der Waals surface area contributed by atoms with Crippen LogP contribution in [-0.2, 0) is 23.6 Å². The first-order valence-corrected chi connectivity index (χ1v) is 8.45. The standard InChI is InChI=1S/C17H18F6N4O/c1-10-7-15(28-17(21,22)23,8-13(24-10)14-9-27(2)26-25-14)11-3-5-12(6-4-11)16(18,19)20/h3-6,9-10,13,24H,7-8H2,1-2H3/t10-,13-,15-/m0/s1. The number of benzene rings is 1. The van der Waals surface area contributed by atoms with E-state index in [-0.39, 0.29) is 18.4 Å². The zero-order valence-electron chi connectivity index (χ0n) is 15.0. The molecule has 11 heteroatoms. The number of hydrogen-bond donors (Lipinski definition) is 1. The van der Waals surface area contributed by atoms with Gasteiger partial charge >= 0.3 is 12.5 Å². The first-order chi connectivity index (χ1) is 12.9. The molecular formula is C17H18F6N4O. The van der Waals surface area contributed by atoms with Gasteiger partial charge in [-0.15, -0.1) is 18.3 Å². The van der Waals surface area contributed by atoms with Crippen LogP contribution in [0.5, 0.6) is 0 Å². The molecule has 3 rings (SSSR count). The minimum absolute atomic E-state index is 0.0278. The van der Waals surface area contributed by atoms with Crippen molar-refractivity contribution in [3.63, 3.8) is 0 Å². The molecule has 0 saturated carbocycles. The van der Waals surface area contributed by atoms with Gasteiger partial charge in [0.25, 0.3) is 0 Å². The fraction of sp³-hybridized carbons (Fsp3) is 0.529. The van der Waals surface area contributed by atoms with E-state index in [9.17, 15) is 26.3 Å². The minimum atomic E-state index is -4.97. The van der Waals surface area contributed by atoms with Crippen molar-refractivity contribution in [2.75, 3.05) is 0 Å². The summed E-state index contributed by atoms with van der Waals surface area (Å²) in [5.74, 6) is 0. The minimum Gasteiger partial charge on any atom is -0.306 e. The highest BCUT2D eigenvalue weighted by atomic mass is 19.4. The van der Waals surface area contributed by atoms with E-state index in [1.54, 1.807) is 20.2 Å². The third-order valence-electron chi connectivity index (χ3n) is 4.68. The zero-order valence-corrected chi connectivity index (χ0v) is 15.0. The number of hydrogen-bond acceptors (Lipinski definition) is 4. The molecule has 0 bridgehead atoms. The average molecular weight is 408 g/mol. The molecule has 0 unspecified atom stereocenters. The second-order valence-corrected chi connectivity index (χ2v) is 6.96. The Kier molecular flexibility index (Phi) is 5.17. The van der Waals surface area contributed by atoms with Crippen LogP contribution in [0.3, 0.4) is 0 Å². The molecule has 1 fully saturated rings. The molecule has 1 aliphatic heterocycles. The molecule has 1 N–H and O–H groups in total. The molecule has 28 heavy (non-hydrogen) atoms. The topological polar surface area (TPSA) is 52.0 Å². The quantitative estimate of drug-likeness (QED) is 0.778. The van der Waals surface area contributed by atoms with Gasteiger partial charge in [-0.1, -0.05) is 17.3 Å². The molecule has 154 valence electrons. The summed E-state index contributed by atoms with van der Waals surface area (Å²) in [5.41, 5.74) is -2.34. The first kappa shape index (κ1) is 20.6. The van der Waals surface area contributed by atoms with Crippen molar-refractivity contribution in [1.82, 2.24) is 20.3 Å². The lowest BCUT2D eigenvalue weighted by molar-refractivity contribution is -0.377. The highest BCUT2D eigenvalue weighted by Gasteiger charge is 2.50. The average Bonchev–Trinajstić information content (AvgIpc) is 2.98. The van der Waals surface area contributed by atoms with E-state index in [1.807, 2.05) is 0 Å². The van der Waals surface area contributed by atoms with Gasteiger partial charge in [-0.25, -0.2) is 0 Å². The van der Waals surface area contributed by atoms with Crippen LogP contribution in [0.4, 0.5) is 26.3 Å². The molecule has 2 aromatic rings. The van der Waals surface area contributed by atoms with E-state index in [1.165, 1.54) is 4.68 Å². The number of nitrogens with one attached hydrogen (secondary N) is 1. The first-order valence-electron chi connectivity index (χ1n) is 8.45. The summed E-state index contributed by atoms with van der Waals surface area (Å²) in [6, 6.07) is 2.59. The van der Waals surface area contributed by atoms with E-state index < -0.39 is 35.8 Å². The van der Waals surface area contributed by atoms with E-state index in [2.05, 4.69) is 20.4 Å². The van der Waals surface area contributed by atoms with Gasteiger partial charge in [0.1, 0.15) is 5.60 Å². The molecule has 0 amide bonds. The summed E-state index contributed by atoms with van der Waals surface area (Å²) in [6.45, 7) is 1.68. The van der Waals surface area contributed by atoms with Gasteiger partial charge in [-0.3, -0.25) is 9.42 Å². The maximum Gasteiger partial charge on any atom is 0.523 e. The third-order valence-corrected chi connectivity index (χ3v) is 4.68. The Labute approximate surface area is 156 Å². The van der Waals surface area contributed by atoms with E-state index >= 15 is 0 Å². The molecule has 1 aliphatic rings. The van der Waals surface area contributed by atoms with Crippen LogP contribution in [0, 0.1) is 0 Å². The number of aromatic nitrogens is 3. The maximum atomic E-state index is 13.2. The molecule has 1 aromatic heterocycles. The summed E-state index contributed by atoms with van der Waals surface area (Å²) in [7, 11) is 1.62. The summed E-state index contributed by atoms with van der Waals surface area (Å²) in [4.78, 5) is 0. The number of aryl methyl sites for hydroxylation is 1. The number of alkyl halides is 6. The SMILES string of the molecule is C[C@H]1C[C@@](OC(F)(F)F)(c2ccc(C(F)(F)F)cc2)C[C@@H](c2cn(C)nn2)N1. The normalized spacial score (nSPS) is 26.4. The number of halogens is 6. The van der Waals surface area contributed by atoms with E-state index in [0.717, 1.165) is 24.3 Å². The largest absolute Gasteiger partial charge is 0.523 e. The number of nitrogens with zero attached hydrogens (tertiary/aromatic N) is 3. The monoisotopic (exact) mass is 408 g/mol. The van der Waals surface area contributed by atoms with Crippen LogP contribution in [0.25, 0.3) is 0 Å². The number of piperidine rings is 1. The molecule has 1 saturated heterocycles. The Balaban J connectivity index is 2.01. The fourth-order valence-corrected chi connectivity index (χ4v) is 3.65. The summed E-state index contributed by atoms with van der Waals surface area (Å²) < 4.78 is 84.2. The Morgan fingerprint density at radius 1 is 1.11 bits per heavy atom. The lowest BCUT2D eigenvalue weighted by atomic mass is 9.78. The van der Waals surface area contributed by atoms with Gasteiger partial charge in [0.2, 0.25) is 0 Å². The van der Waals surface area contributed by atoms with Crippen LogP contribution in [-0.4, -0.2) is 27.4 Å². The molecule has 5 nitrogen and oxygen atoms in total. The summed E-state index contributed by atoms with van der Waals surface area (Å²) in [6.07, 6.45) is -8.22. The van der Waals surface area contributed by atoms with Crippen LogP contribution in [0.1, 0.15) is 42.6 Å². The Hall–Kier alpha value is -2.14. The molecular weight excluding hydrogens is 390 g/mol. The Morgan fingerprint density at radius 3 is 2.25 bits per heavy atom. The van der Waals surface area contributed by atoms with Gasteiger partial charge in [0.15, 0.2) is 0 Å². The Morgan fingerprint density at radius 2 is 1.75 bits per heavy atom. The highest BCUT2D eigenvalue weighted by molar-refractivity contribution is 5.30. The smallest absolute Gasteiger partial charge is 0.306 e. The number of ether oxygens (including phenoxy) is 1. The van der Waals surface area contributed by atoms with Gasteiger partial charge in [0.05, 0.1) is 17.3 Å². The molecule has 2 heterocycles. The van der Waals surface area contributed by atoms with E-state index in [4.69, 9.17) is 0 Å². The van der Waals surface area contributed by atoms with Crippen LogP contribution >= 0.6 is 0 Å². The van der Waals surface area contributed by atoms with Gasteiger partial charge in [0, 0.05) is 25.7 Å². The van der Waals surface area contributed by atoms with Crippen LogP contribution in [0.15, 0.2) is 30.5 Å². The highest BCUT2D eigenvalue weighted by Crippen LogP contribution is 2.46. The van der Waals surface area contributed by atoms with E-state index in [0.29, 0.717) is 5.69 Å². The van der Waals surface area contributed by atoms with Crippen molar-refractivity contribution in [2.24, 2.45) is 7.05 Å². The van der Waals surface area contributed by atoms with Gasteiger partial charge in [-0.2, -0.15) is 13.2 Å². The third kappa shape index (κ3) is 4.46. The lowest BCUT2D eigenvalue weighted by Gasteiger charge is -2.44. The van der Waals surface area contributed by atoms with Gasteiger partial charge in [-0.05, 0) is 31.0 Å².